The molecule has 2 aromatic heterocycles. The molecule has 4 rings (SSSR count). The van der Waals surface area contributed by atoms with E-state index >= 15 is 4.39 Å². The molecular formula is C28H29F3N4O4. The molecule has 0 saturated carbocycles. The summed E-state index contributed by atoms with van der Waals surface area (Å²) in [5, 5.41) is 13.5. The molecule has 0 saturated heterocycles. The van der Waals surface area contributed by atoms with Gasteiger partial charge in [-0.05, 0) is 39.0 Å². The fourth-order valence-corrected chi connectivity index (χ4v) is 3.86. The molecule has 2 N–H and O–H groups in total. The molecule has 2 heterocycles. The number of hydrogen-bond acceptors (Lipinski definition) is 8. The Morgan fingerprint density at radius 1 is 0.974 bits per heavy atom. The van der Waals surface area contributed by atoms with Crippen LogP contribution in [0.4, 0.5) is 19.0 Å². The van der Waals surface area contributed by atoms with Crippen molar-refractivity contribution in [2.45, 2.75) is 38.8 Å². The number of anilines is 1. The maximum absolute atomic E-state index is 15.1. The lowest BCUT2D eigenvalue weighted by molar-refractivity contribution is -0.170. The average Bonchev–Trinajstić information content (AvgIpc) is 2.89. The molecule has 0 aliphatic rings. The molecule has 206 valence electrons. The number of methoxy groups -OCH3 is 1. The Bertz CT molecular complexity index is 1450. The van der Waals surface area contributed by atoms with Gasteiger partial charge in [0.05, 0.1) is 18.2 Å². The molecular weight excluding hydrogens is 513 g/mol. The number of pyridine rings is 1. The van der Waals surface area contributed by atoms with Gasteiger partial charge in [0.2, 0.25) is 5.88 Å². The van der Waals surface area contributed by atoms with Crippen LogP contribution in [0.25, 0.3) is 10.9 Å². The quantitative estimate of drug-likeness (QED) is 0.243. The first-order valence-electron chi connectivity index (χ1n) is 12.2. The lowest BCUT2D eigenvalue weighted by atomic mass is 9.92. The largest absolute Gasteiger partial charge is 0.493 e. The van der Waals surface area contributed by atoms with E-state index in [0.29, 0.717) is 39.9 Å². The zero-order valence-electron chi connectivity index (χ0n) is 22.0. The van der Waals surface area contributed by atoms with Gasteiger partial charge in [-0.1, -0.05) is 18.2 Å². The second-order valence-corrected chi connectivity index (χ2v) is 9.27. The van der Waals surface area contributed by atoms with Crippen LogP contribution >= 0.6 is 0 Å². The van der Waals surface area contributed by atoms with Gasteiger partial charge in [-0.15, -0.1) is 0 Å². The fourth-order valence-electron chi connectivity index (χ4n) is 3.86. The van der Waals surface area contributed by atoms with Gasteiger partial charge in [-0.3, -0.25) is 0 Å². The Morgan fingerprint density at radius 2 is 1.74 bits per heavy atom. The van der Waals surface area contributed by atoms with E-state index in [1.807, 2.05) is 6.07 Å². The number of aromatic nitrogens is 3. The monoisotopic (exact) mass is 542 g/mol. The molecule has 0 radical (unpaired) electrons. The normalized spacial score (nSPS) is 11.9. The molecule has 0 bridgehead atoms. The predicted octanol–water partition coefficient (Wildman–Crippen LogP) is 5.41. The minimum absolute atomic E-state index is 0.0162. The summed E-state index contributed by atoms with van der Waals surface area (Å²) in [6, 6.07) is 12.4. The molecule has 39 heavy (non-hydrogen) atoms. The summed E-state index contributed by atoms with van der Waals surface area (Å²) < 4.78 is 61.4. The van der Waals surface area contributed by atoms with Gasteiger partial charge in [0.15, 0.2) is 11.5 Å². The fraction of sp³-hybridized carbons (Fsp3) is 0.321. The molecule has 0 aliphatic carbocycles. The minimum Gasteiger partial charge on any atom is -0.493 e. The van der Waals surface area contributed by atoms with Gasteiger partial charge < -0.3 is 24.6 Å². The lowest BCUT2D eigenvalue weighted by Gasteiger charge is -2.30. The van der Waals surface area contributed by atoms with Crippen LogP contribution in [-0.4, -0.2) is 46.0 Å². The highest BCUT2D eigenvalue weighted by Crippen LogP contribution is 2.40. The van der Waals surface area contributed by atoms with Gasteiger partial charge in [0.1, 0.15) is 36.3 Å². The predicted molar refractivity (Wildman–Crippen MR) is 140 cm³/mol. The van der Waals surface area contributed by atoms with Crippen molar-refractivity contribution in [3.8, 4) is 17.4 Å². The highest BCUT2D eigenvalue weighted by Gasteiger charge is 2.48. The van der Waals surface area contributed by atoms with Gasteiger partial charge in [0, 0.05) is 35.8 Å². The molecule has 0 spiro atoms. The number of nitrogens with zero attached hydrogens (tertiary/aromatic N) is 3. The van der Waals surface area contributed by atoms with Crippen LogP contribution in [0.1, 0.15) is 30.8 Å². The minimum atomic E-state index is -3.80. The van der Waals surface area contributed by atoms with Crippen LogP contribution in [0, 0.1) is 12.7 Å². The van der Waals surface area contributed by atoms with Crippen LogP contribution in [0.3, 0.4) is 0 Å². The van der Waals surface area contributed by atoms with Crippen molar-refractivity contribution in [2.75, 3.05) is 25.6 Å². The number of aliphatic hydroxyl groups is 1. The van der Waals surface area contributed by atoms with E-state index in [0.717, 1.165) is 19.9 Å². The number of ether oxygens (including phenoxy) is 3. The maximum atomic E-state index is 15.1. The zero-order chi connectivity index (χ0) is 28.2. The molecule has 0 unspecified atom stereocenters. The molecule has 2 aromatic carbocycles. The van der Waals surface area contributed by atoms with Crippen molar-refractivity contribution in [3.63, 3.8) is 0 Å². The number of benzene rings is 2. The highest BCUT2D eigenvalue weighted by molar-refractivity contribution is 5.91. The molecule has 0 atom stereocenters. The third-order valence-corrected chi connectivity index (χ3v) is 5.95. The number of halogens is 3. The van der Waals surface area contributed by atoms with Gasteiger partial charge in [-0.25, -0.2) is 19.3 Å². The maximum Gasteiger partial charge on any atom is 0.303 e. The summed E-state index contributed by atoms with van der Waals surface area (Å²) in [6.07, 6.45) is 1.63. The Morgan fingerprint density at radius 3 is 2.44 bits per heavy atom. The Labute approximate surface area is 223 Å². The number of aryl methyl sites for hydroxylation is 1. The van der Waals surface area contributed by atoms with Crippen LogP contribution in [-0.2, 0) is 12.5 Å². The van der Waals surface area contributed by atoms with Gasteiger partial charge in [-0.2, -0.15) is 8.78 Å². The SMILES string of the molecule is COc1cc2nc(C)nc(NCc3cccc(C(F)(F)C(C)(C)O)c3F)c2cc1OCCOc1ccccn1. The van der Waals surface area contributed by atoms with Crippen molar-refractivity contribution < 1.29 is 32.5 Å². The molecule has 4 aromatic rings. The van der Waals surface area contributed by atoms with Crippen molar-refractivity contribution in [1.29, 1.82) is 0 Å². The van der Waals surface area contributed by atoms with E-state index in [9.17, 15) is 13.9 Å². The summed E-state index contributed by atoms with van der Waals surface area (Å²) in [7, 11) is 1.50. The number of rotatable bonds is 11. The molecule has 0 amide bonds. The molecule has 0 aliphatic heterocycles. The average molecular weight is 543 g/mol. The Hall–Kier alpha value is -4.12. The van der Waals surface area contributed by atoms with E-state index in [4.69, 9.17) is 14.2 Å². The van der Waals surface area contributed by atoms with E-state index in [1.54, 1.807) is 37.4 Å². The summed E-state index contributed by atoms with van der Waals surface area (Å²) in [4.78, 5) is 13.0. The second kappa shape index (κ2) is 11.3. The van der Waals surface area contributed by atoms with Gasteiger partial charge >= 0.3 is 5.92 Å². The van der Waals surface area contributed by atoms with E-state index in [2.05, 4.69) is 20.3 Å². The highest BCUT2D eigenvalue weighted by atomic mass is 19.3. The smallest absolute Gasteiger partial charge is 0.303 e. The summed E-state index contributed by atoms with van der Waals surface area (Å²) in [5.74, 6) is -2.79. The second-order valence-electron chi connectivity index (χ2n) is 9.27. The van der Waals surface area contributed by atoms with Crippen molar-refractivity contribution >= 4 is 16.7 Å². The third kappa shape index (κ3) is 6.14. The van der Waals surface area contributed by atoms with E-state index in [1.165, 1.54) is 19.2 Å². The van der Waals surface area contributed by atoms with Crippen LogP contribution < -0.4 is 19.5 Å². The third-order valence-electron chi connectivity index (χ3n) is 5.95. The van der Waals surface area contributed by atoms with Gasteiger partial charge in [0.25, 0.3) is 0 Å². The zero-order valence-corrected chi connectivity index (χ0v) is 22.0. The number of fused-ring (bicyclic) bond motifs is 1. The molecule has 0 fully saturated rings. The van der Waals surface area contributed by atoms with Crippen molar-refractivity contribution in [3.05, 3.63) is 77.5 Å². The topological polar surface area (TPSA) is 98.6 Å². The molecule has 8 nitrogen and oxygen atoms in total. The number of hydrogen-bond donors (Lipinski definition) is 2. The van der Waals surface area contributed by atoms with Crippen LogP contribution in [0.2, 0.25) is 0 Å². The van der Waals surface area contributed by atoms with E-state index in [-0.39, 0.29) is 25.3 Å². The molecule has 11 heteroatoms. The van der Waals surface area contributed by atoms with Crippen LogP contribution in [0.5, 0.6) is 17.4 Å². The Balaban J connectivity index is 1.57. The number of alkyl halides is 2. The van der Waals surface area contributed by atoms with Crippen LogP contribution in [0.15, 0.2) is 54.7 Å². The first-order valence-corrected chi connectivity index (χ1v) is 12.2. The lowest BCUT2D eigenvalue weighted by Crippen LogP contribution is -2.41. The van der Waals surface area contributed by atoms with Crippen molar-refractivity contribution in [1.82, 2.24) is 15.0 Å². The summed E-state index contributed by atoms with van der Waals surface area (Å²) in [5.41, 5.74) is -2.80. The first-order chi connectivity index (χ1) is 18.5. The first kappa shape index (κ1) is 27.9. The summed E-state index contributed by atoms with van der Waals surface area (Å²) in [6.45, 7) is 3.85. The summed E-state index contributed by atoms with van der Waals surface area (Å²) >= 11 is 0. The van der Waals surface area contributed by atoms with Crippen molar-refractivity contribution in [2.24, 2.45) is 0 Å². The number of nitrogens with one attached hydrogen (secondary N) is 1. The Kier molecular flexibility index (Phi) is 8.10. The standard InChI is InChI=1S/C28H29F3N4O4/c1-17-34-21-15-22(37-4)23(38-12-13-39-24-10-5-6-11-32-24)14-19(21)26(35-17)33-16-18-8-7-9-20(25(18)29)28(30,31)27(2,3)36/h5-11,14-15,36H,12-13,16H2,1-4H3,(H,33,34,35). The van der Waals surface area contributed by atoms with E-state index < -0.39 is 22.9 Å².